The van der Waals surface area contributed by atoms with Crippen LogP contribution in [0.2, 0.25) is 0 Å². The standard InChI is InChI=1S/C15H18BrNO/c1-2-3-15(10-17)18-14-7-5-11-8-13(16)6-4-12(11)9-14/h4-9,15H,2-3,10,17H2,1H3. The molecule has 1 unspecified atom stereocenters. The molecule has 3 heteroatoms. The summed E-state index contributed by atoms with van der Waals surface area (Å²) in [4.78, 5) is 0. The van der Waals surface area contributed by atoms with Crippen LogP contribution in [0, 0.1) is 0 Å². The van der Waals surface area contributed by atoms with Crippen LogP contribution in [0.4, 0.5) is 0 Å². The van der Waals surface area contributed by atoms with Crippen LogP contribution in [0.1, 0.15) is 19.8 Å². The molecule has 0 aliphatic carbocycles. The maximum absolute atomic E-state index is 5.91. The smallest absolute Gasteiger partial charge is 0.120 e. The zero-order valence-electron chi connectivity index (χ0n) is 10.5. The molecule has 0 radical (unpaired) electrons. The molecule has 18 heavy (non-hydrogen) atoms. The van der Waals surface area contributed by atoms with E-state index in [1.54, 1.807) is 0 Å². The number of rotatable bonds is 5. The molecule has 0 aliphatic rings. The maximum Gasteiger partial charge on any atom is 0.120 e. The fourth-order valence-corrected chi connectivity index (χ4v) is 2.39. The quantitative estimate of drug-likeness (QED) is 0.902. The molecule has 0 heterocycles. The van der Waals surface area contributed by atoms with Crippen molar-refractivity contribution >= 4 is 26.7 Å². The first-order valence-corrected chi connectivity index (χ1v) is 7.08. The Morgan fingerprint density at radius 2 is 1.89 bits per heavy atom. The summed E-state index contributed by atoms with van der Waals surface area (Å²) in [5.41, 5.74) is 5.71. The van der Waals surface area contributed by atoms with Gasteiger partial charge in [0.1, 0.15) is 11.9 Å². The second kappa shape index (κ2) is 6.21. The van der Waals surface area contributed by atoms with Crippen LogP contribution in [0.3, 0.4) is 0 Å². The van der Waals surface area contributed by atoms with Gasteiger partial charge < -0.3 is 10.5 Å². The molecule has 0 saturated heterocycles. The summed E-state index contributed by atoms with van der Waals surface area (Å²) in [6, 6.07) is 12.4. The van der Waals surface area contributed by atoms with Crippen LogP contribution in [0.15, 0.2) is 40.9 Å². The van der Waals surface area contributed by atoms with Gasteiger partial charge in [0.2, 0.25) is 0 Å². The number of nitrogens with two attached hydrogens (primary N) is 1. The van der Waals surface area contributed by atoms with E-state index in [1.807, 2.05) is 12.1 Å². The molecule has 0 spiro atoms. The molecule has 2 rings (SSSR count). The van der Waals surface area contributed by atoms with Gasteiger partial charge in [0, 0.05) is 11.0 Å². The van der Waals surface area contributed by atoms with Gasteiger partial charge in [0.25, 0.3) is 0 Å². The fraction of sp³-hybridized carbons (Fsp3) is 0.333. The number of hydrogen-bond donors (Lipinski definition) is 1. The summed E-state index contributed by atoms with van der Waals surface area (Å²) < 4.78 is 7.00. The highest BCUT2D eigenvalue weighted by Gasteiger charge is 2.07. The zero-order valence-corrected chi connectivity index (χ0v) is 12.1. The van der Waals surface area contributed by atoms with Crippen molar-refractivity contribution < 1.29 is 4.74 Å². The number of halogens is 1. The van der Waals surface area contributed by atoms with Gasteiger partial charge in [-0.3, -0.25) is 0 Å². The molecular weight excluding hydrogens is 290 g/mol. The van der Waals surface area contributed by atoms with Crippen molar-refractivity contribution in [3.05, 3.63) is 40.9 Å². The molecular formula is C15H18BrNO. The van der Waals surface area contributed by atoms with E-state index in [4.69, 9.17) is 10.5 Å². The van der Waals surface area contributed by atoms with Crippen molar-refractivity contribution in [3.63, 3.8) is 0 Å². The van der Waals surface area contributed by atoms with E-state index in [0.717, 1.165) is 23.1 Å². The van der Waals surface area contributed by atoms with Gasteiger partial charge in [-0.05, 0) is 41.5 Å². The number of hydrogen-bond acceptors (Lipinski definition) is 2. The average Bonchev–Trinajstić information content (AvgIpc) is 2.38. The second-order valence-corrected chi connectivity index (χ2v) is 5.33. The Hall–Kier alpha value is -1.06. The molecule has 1 atom stereocenters. The Morgan fingerprint density at radius 3 is 2.61 bits per heavy atom. The van der Waals surface area contributed by atoms with Crippen LogP contribution in [0.25, 0.3) is 10.8 Å². The van der Waals surface area contributed by atoms with Gasteiger partial charge in [-0.25, -0.2) is 0 Å². The third-order valence-electron chi connectivity index (χ3n) is 2.95. The highest BCUT2D eigenvalue weighted by Crippen LogP contribution is 2.25. The van der Waals surface area contributed by atoms with Crippen LogP contribution in [-0.4, -0.2) is 12.6 Å². The number of ether oxygens (including phenoxy) is 1. The van der Waals surface area contributed by atoms with Gasteiger partial charge >= 0.3 is 0 Å². The summed E-state index contributed by atoms with van der Waals surface area (Å²) in [5.74, 6) is 0.897. The van der Waals surface area contributed by atoms with Crippen LogP contribution < -0.4 is 10.5 Å². The van der Waals surface area contributed by atoms with E-state index >= 15 is 0 Å². The third kappa shape index (κ3) is 3.24. The summed E-state index contributed by atoms with van der Waals surface area (Å²) >= 11 is 3.48. The number of fused-ring (bicyclic) bond motifs is 1. The topological polar surface area (TPSA) is 35.2 Å². The molecule has 96 valence electrons. The molecule has 2 aromatic carbocycles. The first-order valence-electron chi connectivity index (χ1n) is 6.29. The maximum atomic E-state index is 5.91. The Balaban J connectivity index is 2.21. The molecule has 0 amide bonds. The van der Waals surface area contributed by atoms with E-state index in [9.17, 15) is 0 Å². The highest BCUT2D eigenvalue weighted by atomic mass is 79.9. The minimum Gasteiger partial charge on any atom is -0.489 e. The average molecular weight is 308 g/mol. The van der Waals surface area contributed by atoms with Crippen molar-refractivity contribution in [2.45, 2.75) is 25.9 Å². The van der Waals surface area contributed by atoms with Crippen LogP contribution in [-0.2, 0) is 0 Å². The van der Waals surface area contributed by atoms with Crippen LogP contribution >= 0.6 is 15.9 Å². The first kappa shape index (κ1) is 13.4. The van der Waals surface area contributed by atoms with E-state index in [0.29, 0.717) is 6.54 Å². The van der Waals surface area contributed by atoms with E-state index < -0.39 is 0 Å². The predicted octanol–water partition coefficient (Wildman–Crippen LogP) is 4.11. The van der Waals surface area contributed by atoms with Crippen molar-refractivity contribution in [1.29, 1.82) is 0 Å². The first-order chi connectivity index (χ1) is 8.72. The van der Waals surface area contributed by atoms with Crippen molar-refractivity contribution in [1.82, 2.24) is 0 Å². The Morgan fingerprint density at radius 1 is 1.17 bits per heavy atom. The highest BCUT2D eigenvalue weighted by molar-refractivity contribution is 9.10. The largest absolute Gasteiger partial charge is 0.489 e. The van der Waals surface area contributed by atoms with Gasteiger partial charge in [0.05, 0.1) is 0 Å². The summed E-state index contributed by atoms with van der Waals surface area (Å²) in [7, 11) is 0. The lowest BCUT2D eigenvalue weighted by molar-refractivity contribution is 0.198. The zero-order chi connectivity index (χ0) is 13.0. The van der Waals surface area contributed by atoms with Crippen molar-refractivity contribution in [2.24, 2.45) is 5.73 Å². The number of benzene rings is 2. The lowest BCUT2D eigenvalue weighted by Crippen LogP contribution is -2.26. The monoisotopic (exact) mass is 307 g/mol. The molecule has 0 bridgehead atoms. The molecule has 2 N–H and O–H groups in total. The van der Waals surface area contributed by atoms with Gasteiger partial charge in [-0.1, -0.05) is 41.4 Å². The van der Waals surface area contributed by atoms with Gasteiger partial charge in [-0.2, -0.15) is 0 Å². The lowest BCUT2D eigenvalue weighted by atomic mass is 10.1. The predicted molar refractivity (Wildman–Crippen MR) is 80.0 cm³/mol. The summed E-state index contributed by atoms with van der Waals surface area (Å²) in [5, 5.41) is 2.39. The summed E-state index contributed by atoms with van der Waals surface area (Å²) in [6.07, 6.45) is 2.19. The van der Waals surface area contributed by atoms with Gasteiger partial charge in [0.15, 0.2) is 0 Å². The van der Waals surface area contributed by atoms with Crippen molar-refractivity contribution in [3.8, 4) is 5.75 Å². The minimum atomic E-state index is 0.114. The Labute approximate surface area is 116 Å². The van der Waals surface area contributed by atoms with Gasteiger partial charge in [-0.15, -0.1) is 0 Å². The van der Waals surface area contributed by atoms with Crippen molar-refractivity contribution in [2.75, 3.05) is 6.54 Å². The lowest BCUT2D eigenvalue weighted by Gasteiger charge is -2.17. The second-order valence-electron chi connectivity index (χ2n) is 4.42. The minimum absolute atomic E-state index is 0.114. The Bertz CT molecular complexity index is 527. The Kier molecular flexibility index (Phi) is 4.61. The molecule has 0 saturated carbocycles. The molecule has 2 nitrogen and oxygen atoms in total. The summed E-state index contributed by atoms with van der Waals surface area (Å²) in [6.45, 7) is 2.70. The molecule has 0 aromatic heterocycles. The van der Waals surface area contributed by atoms with E-state index in [-0.39, 0.29) is 6.10 Å². The van der Waals surface area contributed by atoms with E-state index in [2.05, 4.69) is 47.1 Å². The molecule has 2 aromatic rings. The molecule has 0 aliphatic heterocycles. The normalized spacial score (nSPS) is 12.6. The fourth-order valence-electron chi connectivity index (χ4n) is 2.01. The van der Waals surface area contributed by atoms with Crippen LogP contribution in [0.5, 0.6) is 5.75 Å². The third-order valence-corrected chi connectivity index (χ3v) is 3.44. The van der Waals surface area contributed by atoms with E-state index in [1.165, 1.54) is 10.8 Å². The SMILES string of the molecule is CCCC(CN)Oc1ccc2cc(Br)ccc2c1. The molecule has 0 fully saturated rings.